The first-order chi connectivity index (χ1) is 8.34. The van der Waals surface area contributed by atoms with E-state index in [-0.39, 0.29) is 12.4 Å². The van der Waals surface area contributed by atoms with Crippen molar-refractivity contribution in [3.63, 3.8) is 0 Å². The van der Waals surface area contributed by atoms with Gasteiger partial charge in [0.15, 0.2) is 0 Å². The summed E-state index contributed by atoms with van der Waals surface area (Å²) in [4.78, 5) is 2.50. The van der Waals surface area contributed by atoms with Gasteiger partial charge in [0, 0.05) is 23.2 Å². The zero-order valence-corrected chi connectivity index (χ0v) is 12.7. The minimum atomic E-state index is 0. The molecule has 1 aliphatic heterocycles. The maximum absolute atomic E-state index is 5.88. The molecule has 0 unspecified atom stereocenters. The highest BCUT2D eigenvalue weighted by Crippen LogP contribution is 2.17. The van der Waals surface area contributed by atoms with Crippen LogP contribution in [0.4, 0.5) is 0 Å². The van der Waals surface area contributed by atoms with E-state index in [0.29, 0.717) is 0 Å². The van der Waals surface area contributed by atoms with Crippen LogP contribution in [0, 0.1) is 0 Å². The van der Waals surface area contributed by atoms with Crippen LogP contribution < -0.4 is 4.74 Å². The van der Waals surface area contributed by atoms with Crippen LogP contribution in [-0.4, -0.2) is 36.2 Å². The molecule has 0 amide bonds. The first-order valence-electron chi connectivity index (χ1n) is 6.03. The molecule has 0 atom stereocenters. The fourth-order valence-electron chi connectivity index (χ4n) is 1.81. The average Bonchev–Trinajstić information content (AvgIpc) is 2.82. The lowest BCUT2D eigenvalue weighted by Crippen LogP contribution is -2.21. The fourth-order valence-corrected chi connectivity index (χ4v) is 3.03. The van der Waals surface area contributed by atoms with Crippen LogP contribution in [0.3, 0.4) is 0 Å². The van der Waals surface area contributed by atoms with Gasteiger partial charge < -0.3 is 4.74 Å². The molecule has 0 aromatic heterocycles. The van der Waals surface area contributed by atoms with Crippen LogP contribution >= 0.6 is 35.8 Å². The minimum Gasteiger partial charge on any atom is -0.494 e. The van der Waals surface area contributed by atoms with E-state index in [1.54, 1.807) is 0 Å². The summed E-state index contributed by atoms with van der Waals surface area (Å²) in [7, 11) is 0. The molecule has 0 bridgehead atoms. The number of hydrogen-bond donors (Lipinski definition) is 0. The van der Waals surface area contributed by atoms with Gasteiger partial charge in [0.05, 0.1) is 6.61 Å². The first-order valence-corrected chi connectivity index (χ1v) is 7.56. The number of ether oxygens (including phenoxy) is 1. The van der Waals surface area contributed by atoms with Crippen LogP contribution in [0.1, 0.15) is 12.8 Å². The second kappa shape index (κ2) is 8.92. The molecule has 1 aromatic rings. The second-order valence-electron chi connectivity index (χ2n) is 4.17. The van der Waals surface area contributed by atoms with Crippen molar-refractivity contribution in [3.05, 3.63) is 29.3 Å². The fraction of sp³-hybridized carbons (Fsp3) is 0.538. The summed E-state index contributed by atoms with van der Waals surface area (Å²) in [5, 5.41) is 0.733. The predicted octanol–water partition coefficient (Wildman–Crippen LogP) is 3.93. The predicted molar refractivity (Wildman–Crippen MR) is 82.3 cm³/mol. The third-order valence-corrected chi connectivity index (χ3v) is 4.01. The Balaban J connectivity index is 0.00000162. The van der Waals surface area contributed by atoms with Crippen LogP contribution in [0.25, 0.3) is 0 Å². The lowest BCUT2D eigenvalue weighted by molar-refractivity contribution is 0.284. The Hall–Kier alpha value is -0.0900. The zero-order chi connectivity index (χ0) is 11.9. The normalized spacial score (nSPS) is 15.4. The second-order valence-corrected chi connectivity index (χ2v) is 5.68. The highest BCUT2D eigenvalue weighted by Gasteiger charge is 2.10. The highest BCUT2D eigenvalue weighted by atomic mass is 35.5. The van der Waals surface area contributed by atoms with Crippen LogP contribution in [0.15, 0.2) is 24.3 Å². The number of nitrogens with zero attached hydrogens (tertiary/aromatic N) is 1. The van der Waals surface area contributed by atoms with Crippen LogP contribution in [-0.2, 0) is 0 Å². The molecule has 1 aromatic carbocycles. The summed E-state index contributed by atoms with van der Waals surface area (Å²) in [6.07, 6.45) is 2.31. The summed E-state index contributed by atoms with van der Waals surface area (Å²) in [5.41, 5.74) is 0. The van der Waals surface area contributed by atoms with E-state index in [9.17, 15) is 0 Å². The maximum Gasteiger partial charge on any atom is 0.120 e. The molecule has 0 spiro atoms. The molecule has 0 aliphatic carbocycles. The maximum atomic E-state index is 5.88. The van der Waals surface area contributed by atoms with Gasteiger partial charge in [-0.2, -0.15) is 0 Å². The van der Waals surface area contributed by atoms with Crippen molar-refractivity contribution in [1.29, 1.82) is 0 Å². The minimum absolute atomic E-state index is 0. The Morgan fingerprint density at radius 2 is 2.22 bits per heavy atom. The van der Waals surface area contributed by atoms with Gasteiger partial charge in [-0.1, -0.05) is 17.7 Å². The van der Waals surface area contributed by atoms with E-state index in [0.717, 1.165) is 23.8 Å². The van der Waals surface area contributed by atoms with Crippen LogP contribution in [0.2, 0.25) is 5.02 Å². The van der Waals surface area contributed by atoms with Crippen molar-refractivity contribution in [2.45, 2.75) is 12.8 Å². The lowest BCUT2D eigenvalue weighted by atomic mass is 10.3. The Morgan fingerprint density at radius 1 is 1.33 bits per heavy atom. The average molecular weight is 308 g/mol. The summed E-state index contributed by atoms with van der Waals surface area (Å²) >= 11 is 7.91. The number of thioether (sulfide) groups is 1. The number of rotatable bonds is 6. The summed E-state index contributed by atoms with van der Waals surface area (Å²) < 4.78 is 5.64. The smallest absolute Gasteiger partial charge is 0.120 e. The number of hydrogen-bond acceptors (Lipinski definition) is 3. The molecule has 1 saturated heterocycles. The van der Waals surface area contributed by atoms with Gasteiger partial charge in [0.1, 0.15) is 5.75 Å². The van der Waals surface area contributed by atoms with Gasteiger partial charge in [-0.25, -0.2) is 0 Å². The van der Waals surface area contributed by atoms with Crippen molar-refractivity contribution in [3.8, 4) is 5.75 Å². The lowest BCUT2D eigenvalue weighted by Gasteiger charge is -2.13. The van der Waals surface area contributed by atoms with Crippen molar-refractivity contribution in [2.24, 2.45) is 0 Å². The van der Waals surface area contributed by atoms with Gasteiger partial charge in [0.25, 0.3) is 0 Å². The van der Waals surface area contributed by atoms with Gasteiger partial charge in [-0.3, -0.25) is 4.90 Å². The Bertz CT molecular complexity index is 346. The molecular weight excluding hydrogens is 289 g/mol. The third-order valence-electron chi connectivity index (χ3n) is 2.76. The van der Waals surface area contributed by atoms with E-state index in [2.05, 4.69) is 4.90 Å². The molecule has 102 valence electrons. The molecule has 1 fully saturated rings. The molecular formula is C13H19Cl2NOS. The van der Waals surface area contributed by atoms with E-state index in [4.69, 9.17) is 16.3 Å². The van der Waals surface area contributed by atoms with E-state index in [1.165, 1.54) is 31.1 Å². The summed E-state index contributed by atoms with van der Waals surface area (Å²) in [6, 6.07) is 7.58. The molecule has 1 heterocycles. The molecule has 1 aliphatic rings. The summed E-state index contributed by atoms with van der Waals surface area (Å²) in [5.74, 6) is 3.36. The molecule has 2 rings (SSSR count). The molecule has 2 nitrogen and oxygen atoms in total. The number of halogens is 2. The SMILES string of the molecule is Cl.Clc1cccc(OCCCCN2CCSC2)c1. The van der Waals surface area contributed by atoms with Gasteiger partial charge in [-0.05, 0) is 37.6 Å². The van der Waals surface area contributed by atoms with Crippen molar-refractivity contribution in [2.75, 3.05) is 31.3 Å². The van der Waals surface area contributed by atoms with Gasteiger partial charge in [-0.15, -0.1) is 24.2 Å². The van der Waals surface area contributed by atoms with Crippen molar-refractivity contribution >= 4 is 35.8 Å². The largest absolute Gasteiger partial charge is 0.494 e. The molecule has 18 heavy (non-hydrogen) atoms. The standard InChI is InChI=1S/C13H18ClNOS.ClH/c14-12-4-3-5-13(10-12)16-8-2-1-6-15-7-9-17-11-15;/h3-5,10H,1-2,6-9,11H2;1H. The van der Waals surface area contributed by atoms with E-state index < -0.39 is 0 Å². The van der Waals surface area contributed by atoms with E-state index in [1.807, 2.05) is 36.0 Å². The Kier molecular flexibility index (Phi) is 7.91. The highest BCUT2D eigenvalue weighted by molar-refractivity contribution is 7.99. The van der Waals surface area contributed by atoms with Crippen LogP contribution in [0.5, 0.6) is 5.75 Å². The Labute approximate surface area is 124 Å². The van der Waals surface area contributed by atoms with Gasteiger partial charge in [0.2, 0.25) is 0 Å². The first kappa shape index (κ1) is 16.0. The quantitative estimate of drug-likeness (QED) is 0.739. The summed E-state index contributed by atoms with van der Waals surface area (Å²) in [6.45, 7) is 3.23. The monoisotopic (exact) mass is 307 g/mol. The topological polar surface area (TPSA) is 12.5 Å². The molecule has 0 saturated carbocycles. The number of benzene rings is 1. The van der Waals surface area contributed by atoms with Crippen molar-refractivity contribution < 1.29 is 4.74 Å². The Morgan fingerprint density at radius 3 is 2.94 bits per heavy atom. The van der Waals surface area contributed by atoms with Crippen molar-refractivity contribution in [1.82, 2.24) is 4.90 Å². The number of unbranched alkanes of at least 4 members (excludes halogenated alkanes) is 1. The van der Waals surface area contributed by atoms with E-state index >= 15 is 0 Å². The molecule has 5 heteroatoms. The zero-order valence-electron chi connectivity index (χ0n) is 10.3. The molecule has 0 N–H and O–H groups in total. The third kappa shape index (κ3) is 5.70. The van der Waals surface area contributed by atoms with Gasteiger partial charge >= 0.3 is 0 Å². The molecule has 0 radical (unpaired) electrons.